The van der Waals surface area contributed by atoms with Crippen LogP contribution in [0.5, 0.6) is 0 Å². The molecule has 5 rings (SSSR count). The van der Waals surface area contributed by atoms with E-state index in [1.165, 1.54) is 0 Å². The van der Waals surface area contributed by atoms with Crippen molar-refractivity contribution >= 4 is 77.0 Å². The molecule has 1 aromatic heterocycles. The monoisotopic (exact) mass is 488 g/mol. The summed E-state index contributed by atoms with van der Waals surface area (Å²) in [4.78, 5) is 0. The first kappa shape index (κ1) is 16.0. The third-order valence-corrected chi connectivity index (χ3v) is 10.9. The van der Waals surface area contributed by atoms with E-state index in [0.717, 1.165) is 45.4 Å². The lowest BCUT2D eigenvalue weighted by Gasteiger charge is -2.28. The van der Waals surface area contributed by atoms with E-state index in [1.807, 2.05) is 42.5 Å². The minimum atomic E-state index is -2.95. The van der Waals surface area contributed by atoms with Crippen LogP contribution in [0.4, 0.5) is 0 Å². The van der Waals surface area contributed by atoms with Gasteiger partial charge in [0.2, 0.25) is 0 Å². The maximum absolute atomic E-state index is 14.7. The molecular formula is C20H11Br2OPS. The average Bonchev–Trinajstić information content (AvgIpc) is 2.95. The maximum atomic E-state index is 14.7. The Hall–Kier alpha value is -1.19. The second-order valence-electron chi connectivity index (χ2n) is 6.00. The van der Waals surface area contributed by atoms with Crippen molar-refractivity contribution in [2.45, 2.75) is 0 Å². The first-order valence-corrected chi connectivity index (χ1v) is 11.9. The number of rotatable bonds is 1. The number of halogens is 2. The maximum Gasteiger partial charge on any atom is 0.174 e. The second kappa shape index (κ2) is 5.65. The summed E-state index contributed by atoms with van der Waals surface area (Å²) in [6, 6.07) is 22.3. The predicted molar refractivity (Wildman–Crippen MR) is 116 cm³/mol. The molecule has 0 bridgehead atoms. The zero-order valence-corrected chi connectivity index (χ0v) is 17.8. The van der Waals surface area contributed by atoms with Gasteiger partial charge in [-0.05, 0) is 42.8 Å². The van der Waals surface area contributed by atoms with E-state index in [-0.39, 0.29) is 0 Å². The van der Waals surface area contributed by atoms with Crippen molar-refractivity contribution in [2.24, 2.45) is 0 Å². The van der Waals surface area contributed by atoms with Gasteiger partial charge in [0.05, 0.1) is 12.9 Å². The van der Waals surface area contributed by atoms with Crippen LogP contribution in [-0.2, 0) is 4.57 Å². The van der Waals surface area contributed by atoms with Gasteiger partial charge in [0.25, 0.3) is 0 Å². The van der Waals surface area contributed by atoms with Crippen LogP contribution in [0.1, 0.15) is 0 Å². The van der Waals surface area contributed by atoms with Crippen LogP contribution in [0.2, 0.25) is 0 Å². The lowest BCUT2D eigenvalue weighted by molar-refractivity contribution is 0.592. The van der Waals surface area contributed by atoms with Crippen LogP contribution < -0.4 is 15.9 Å². The van der Waals surface area contributed by atoms with Gasteiger partial charge in [0.1, 0.15) is 0 Å². The lowest BCUT2D eigenvalue weighted by Crippen LogP contribution is -2.29. The third kappa shape index (κ3) is 2.09. The molecule has 0 aliphatic carbocycles. The Kier molecular flexibility index (Phi) is 3.62. The molecule has 1 atom stereocenters. The highest BCUT2D eigenvalue weighted by Gasteiger charge is 2.41. The first-order chi connectivity index (χ1) is 12.1. The Morgan fingerprint density at radius 1 is 0.800 bits per heavy atom. The van der Waals surface area contributed by atoms with E-state index in [9.17, 15) is 4.57 Å². The highest BCUT2D eigenvalue weighted by atomic mass is 79.9. The van der Waals surface area contributed by atoms with Gasteiger partial charge in [-0.15, -0.1) is 11.3 Å². The summed E-state index contributed by atoms with van der Waals surface area (Å²) < 4.78 is 16.6. The van der Waals surface area contributed by atoms with Gasteiger partial charge >= 0.3 is 0 Å². The molecule has 0 spiro atoms. The topological polar surface area (TPSA) is 17.1 Å². The molecule has 1 nitrogen and oxygen atoms in total. The first-order valence-electron chi connectivity index (χ1n) is 7.79. The normalized spacial score (nSPS) is 18.3. The van der Waals surface area contributed by atoms with E-state index >= 15 is 0 Å². The SMILES string of the molecule is O=P1(c2ccccc2)c2c(Br)sc(Br)c2-c2cccc3cccc1c23. The Morgan fingerprint density at radius 3 is 2.28 bits per heavy atom. The van der Waals surface area contributed by atoms with Crippen molar-refractivity contribution in [1.29, 1.82) is 0 Å². The third-order valence-electron chi connectivity index (χ3n) is 4.72. The Balaban J connectivity index is 2.06. The standard InChI is InChI=1S/C20H11Br2OPS/c21-19-17-14-10-4-6-12-7-5-11-15(16(12)14)24(23,18(17)20(22)25-19)13-8-2-1-3-9-13/h1-11H. The van der Waals surface area contributed by atoms with Crippen LogP contribution in [0.25, 0.3) is 21.9 Å². The van der Waals surface area contributed by atoms with Gasteiger partial charge in [-0.3, -0.25) is 0 Å². The van der Waals surface area contributed by atoms with Crippen molar-refractivity contribution < 1.29 is 4.57 Å². The number of hydrogen-bond acceptors (Lipinski definition) is 2. The minimum Gasteiger partial charge on any atom is -0.309 e. The highest BCUT2D eigenvalue weighted by Crippen LogP contribution is 2.57. The summed E-state index contributed by atoms with van der Waals surface area (Å²) in [7, 11) is -2.95. The number of hydrogen-bond donors (Lipinski definition) is 0. The lowest BCUT2D eigenvalue weighted by atomic mass is 10.00. The summed E-state index contributed by atoms with van der Waals surface area (Å²) >= 11 is 9.00. The molecule has 0 saturated heterocycles. The molecule has 122 valence electrons. The fourth-order valence-electron chi connectivity index (χ4n) is 3.70. The number of thiophene rings is 1. The van der Waals surface area contributed by atoms with E-state index < -0.39 is 7.14 Å². The summed E-state index contributed by atoms with van der Waals surface area (Å²) in [5.74, 6) is 0. The summed E-state index contributed by atoms with van der Waals surface area (Å²) in [6.07, 6.45) is 0. The van der Waals surface area contributed by atoms with Gasteiger partial charge in [-0.2, -0.15) is 0 Å². The van der Waals surface area contributed by atoms with Gasteiger partial charge in [0, 0.05) is 21.6 Å². The van der Waals surface area contributed by atoms with Gasteiger partial charge in [-0.25, -0.2) is 0 Å². The molecule has 0 saturated carbocycles. The summed E-state index contributed by atoms with van der Waals surface area (Å²) in [6.45, 7) is 0. The van der Waals surface area contributed by atoms with Crippen molar-refractivity contribution in [2.75, 3.05) is 0 Å². The van der Waals surface area contributed by atoms with Gasteiger partial charge in [-0.1, -0.05) is 66.7 Å². The molecule has 0 amide bonds. The molecule has 1 aliphatic heterocycles. The molecule has 3 aromatic carbocycles. The molecule has 4 aromatic rings. The predicted octanol–water partition coefficient (Wildman–Crippen LogP) is 6.05. The Bertz CT molecular complexity index is 1190. The smallest absolute Gasteiger partial charge is 0.174 e. The van der Waals surface area contributed by atoms with Crippen LogP contribution in [0.3, 0.4) is 0 Å². The fraction of sp³-hybridized carbons (Fsp3) is 0. The zero-order chi connectivity index (χ0) is 17.2. The molecule has 2 heterocycles. The van der Waals surface area contributed by atoms with Crippen molar-refractivity contribution in [3.05, 3.63) is 74.3 Å². The van der Waals surface area contributed by atoms with E-state index in [1.54, 1.807) is 11.3 Å². The number of fused-ring (bicyclic) bond motifs is 2. The van der Waals surface area contributed by atoms with E-state index in [0.29, 0.717) is 0 Å². The van der Waals surface area contributed by atoms with Crippen LogP contribution >= 0.6 is 50.3 Å². The molecule has 25 heavy (non-hydrogen) atoms. The van der Waals surface area contributed by atoms with Crippen LogP contribution in [0.15, 0.2) is 74.3 Å². The fourth-order valence-corrected chi connectivity index (χ4v) is 11.1. The van der Waals surface area contributed by atoms with Crippen molar-refractivity contribution in [3.8, 4) is 11.1 Å². The largest absolute Gasteiger partial charge is 0.309 e. The molecule has 0 radical (unpaired) electrons. The molecule has 0 fully saturated rings. The van der Waals surface area contributed by atoms with Crippen molar-refractivity contribution in [3.63, 3.8) is 0 Å². The van der Waals surface area contributed by atoms with Crippen LogP contribution in [-0.4, -0.2) is 0 Å². The second-order valence-corrected chi connectivity index (χ2v) is 12.3. The van der Waals surface area contributed by atoms with E-state index in [4.69, 9.17) is 0 Å². The zero-order valence-electron chi connectivity index (χ0n) is 12.9. The molecule has 0 N–H and O–H groups in total. The quantitative estimate of drug-likeness (QED) is 0.262. The molecule has 1 aliphatic rings. The van der Waals surface area contributed by atoms with Gasteiger partial charge < -0.3 is 4.57 Å². The highest BCUT2D eigenvalue weighted by molar-refractivity contribution is 9.12. The number of benzene rings is 3. The molecule has 1 unspecified atom stereocenters. The Labute approximate surface area is 166 Å². The van der Waals surface area contributed by atoms with Gasteiger partial charge in [0.15, 0.2) is 7.14 Å². The summed E-state index contributed by atoms with van der Waals surface area (Å²) in [5.41, 5.74) is 2.22. The summed E-state index contributed by atoms with van der Waals surface area (Å²) in [5, 5.41) is 4.97. The van der Waals surface area contributed by atoms with Crippen LogP contribution in [0, 0.1) is 0 Å². The Morgan fingerprint density at radius 2 is 1.52 bits per heavy atom. The minimum absolute atomic E-state index is 0.879. The van der Waals surface area contributed by atoms with Crippen molar-refractivity contribution in [1.82, 2.24) is 0 Å². The van der Waals surface area contributed by atoms with E-state index in [2.05, 4.69) is 56.1 Å². The average molecular weight is 490 g/mol. The molecular weight excluding hydrogens is 479 g/mol. The molecule has 5 heteroatoms.